The lowest BCUT2D eigenvalue weighted by atomic mass is 10.1. The van der Waals surface area contributed by atoms with Gasteiger partial charge in [-0.2, -0.15) is 0 Å². The largest absolute Gasteiger partial charge is 0.496 e. The highest BCUT2D eigenvalue weighted by atomic mass is 16.5. The Morgan fingerprint density at radius 1 is 1.19 bits per heavy atom. The van der Waals surface area contributed by atoms with Crippen molar-refractivity contribution >= 4 is 5.91 Å². The van der Waals surface area contributed by atoms with E-state index in [1.54, 1.807) is 35.4 Å². The molecule has 0 radical (unpaired) electrons. The maximum atomic E-state index is 11.7. The lowest BCUT2D eigenvalue weighted by Gasteiger charge is -2.10. The fraction of sp³-hybridized carbons (Fsp3) is 0.0500. The van der Waals surface area contributed by atoms with E-state index in [2.05, 4.69) is 9.97 Å². The third-order valence-corrected chi connectivity index (χ3v) is 4.12. The van der Waals surface area contributed by atoms with E-state index in [1.807, 2.05) is 36.4 Å². The number of hydrogen-bond acceptors (Lipinski definition) is 5. The van der Waals surface area contributed by atoms with Crippen molar-refractivity contribution in [3.63, 3.8) is 0 Å². The molecule has 0 saturated carbocycles. The summed E-state index contributed by atoms with van der Waals surface area (Å²) in [6.07, 6.45) is 4.98. The van der Waals surface area contributed by atoms with Crippen LogP contribution in [0, 0.1) is 0 Å². The molecule has 0 saturated heterocycles. The molecule has 2 aromatic heterocycles. The summed E-state index contributed by atoms with van der Waals surface area (Å²) in [6, 6.07) is 14.8. The molecule has 0 fully saturated rings. The van der Waals surface area contributed by atoms with Crippen LogP contribution in [0.4, 0.5) is 0 Å². The van der Waals surface area contributed by atoms with Gasteiger partial charge in [0, 0.05) is 23.6 Å². The topological polar surface area (TPSA) is 96.2 Å². The standard InChI is InChI=1S/C20H16N4O3/c1-26-17-8-7-14(11-15(17)18(21)25)24-10-9-22-19(24)16-12-27-20(23-16)13-5-3-2-4-6-13/h2-12H,1H3,(H2,21,25). The predicted octanol–water partition coefficient (Wildman–Crippen LogP) is 3.30. The van der Waals surface area contributed by atoms with Crippen LogP contribution in [0.5, 0.6) is 5.75 Å². The molecule has 1 amide bonds. The Hall–Kier alpha value is -3.87. The number of oxazole rings is 1. The molecule has 0 atom stereocenters. The van der Waals surface area contributed by atoms with Gasteiger partial charge in [0.15, 0.2) is 5.82 Å². The summed E-state index contributed by atoms with van der Waals surface area (Å²) in [6.45, 7) is 0. The zero-order chi connectivity index (χ0) is 18.8. The van der Waals surface area contributed by atoms with Crippen molar-refractivity contribution in [2.24, 2.45) is 5.73 Å². The van der Waals surface area contributed by atoms with Crippen LogP contribution in [0.1, 0.15) is 10.4 Å². The third kappa shape index (κ3) is 3.06. The Bertz CT molecular complexity index is 1100. The van der Waals surface area contributed by atoms with E-state index in [9.17, 15) is 4.79 Å². The van der Waals surface area contributed by atoms with Crippen LogP contribution in [0.25, 0.3) is 28.7 Å². The first kappa shape index (κ1) is 16.6. The Labute approximate surface area is 155 Å². The number of carbonyl (C=O) groups is 1. The average Bonchev–Trinajstić information content (AvgIpc) is 3.37. The molecule has 2 N–H and O–H groups in total. The highest BCUT2D eigenvalue weighted by Gasteiger charge is 2.16. The summed E-state index contributed by atoms with van der Waals surface area (Å²) in [4.78, 5) is 20.6. The maximum absolute atomic E-state index is 11.7. The number of carbonyl (C=O) groups excluding carboxylic acids is 1. The summed E-state index contributed by atoms with van der Waals surface area (Å²) >= 11 is 0. The van der Waals surface area contributed by atoms with E-state index in [0.29, 0.717) is 34.4 Å². The molecule has 0 spiro atoms. The number of imidazole rings is 1. The van der Waals surface area contributed by atoms with Gasteiger partial charge in [0.25, 0.3) is 5.91 Å². The predicted molar refractivity (Wildman–Crippen MR) is 99.6 cm³/mol. The number of primary amides is 1. The zero-order valence-electron chi connectivity index (χ0n) is 14.5. The molecule has 7 nitrogen and oxygen atoms in total. The van der Waals surface area contributed by atoms with Crippen molar-refractivity contribution < 1.29 is 13.9 Å². The molecule has 27 heavy (non-hydrogen) atoms. The van der Waals surface area contributed by atoms with Crippen molar-refractivity contribution in [2.45, 2.75) is 0 Å². The molecule has 0 aliphatic heterocycles. The van der Waals surface area contributed by atoms with Gasteiger partial charge in [-0.25, -0.2) is 9.97 Å². The molecule has 0 unspecified atom stereocenters. The first-order valence-corrected chi connectivity index (χ1v) is 8.20. The van der Waals surface area contributed by atoms with Crippen molar-refractivity contribution in [1.29, 1.82) is 0 Å². The van der Waals surface area contributed by atoms with Crippen molar-refractivity contribution in [3.8, 4) is 34.4 Å². The van der Waals surface area contributed by atoms with Gasteiger partial charge in [-0.15, -0.1) is 0 Å². The van der Waals surface area contributed by atoms with Crippen LogP contribution in [0.3, 0.4) is 0 Å². The van der Waals surface area contributed by atoms with E-state index in [4.69, 9.17) is 14.9 Å². The third-order valence-electron chi connectivity index (χ3n) is 4.12. The second-order valence-corrected chi connectivity index (χ2v) is 5.77. The monoisotopic (exact) mass is 360 g/mol. The minimum atomic E-state index is -0.567. The Morgan fingerprint density at radius 3 is 2.74 bits per heavy atom. The van der Waals surface area contributed by atoms with Crippen LogP contribution >= 0.6 is 0 Å². The fourth-order valence-corrected chi connectivity index (χ4v) is 2.83. The summed E-state index contributed by atoms with van der Waals surface area (Å²) in [5.41, 5.74) is 7.92. The first-order chi connectivity index (χ1) is 13.2. The van der Waals surface area contributed by atoms with Gasteiger partial charge < -0.3 is 14.9 Å². The molecular weight excluding hydrogens is 344 g/mol. The Kier molecular flexibility index (Phi) is 4.18. The van der Waals surface area contributed by atoms with E-state index >= 15 is 0 Å². The Morgan fingerprint density at radius 2 is 2.00 bits per heavy atom. The fourth-order valence-electron chi connectivity index (χ4n) is 2.83. The van der Waals surface area contributed by atoms with Crippen LogP contribution in [0.15, 0.2) is 71.6 Å². The minimum absolute atomic E-state index is 0.291. The molecule has 0 bridgehead atoms. The van der Waals surface area contributed by atoms with Gasteiger partial charge >= 0.3 is 0 Å². The van der Waals surface area contributed by atoms with Crippen molar-refractivity contribution in [1.82, 2.24) is 14.5 Å². The van der Waals surface area contributed by atoms with Gasteiger partial charge in [0.1, 0.15) is 17.7 Å². The number of amides is 1. The average molecular weight is 360 g/mol. The van der Waals surface area contributed by atoms with Crippen molar-refractivity contribution in [3.05, 3.63) is 72.8 Å². The van der Waals surface area contributed by atoms with E-state index in [-0.39, 0.29) is 0 Å². The van der Waals surface area contributed by atoms with Gasteiger partial charge in [0.05, 0.1) is 12.7 Å². The number of hydrogen-bond donors (Lipinski definition) is 1. The molecule has 0 aliphatic carbocycles. The molecular formula is C20H16N4O3. The van der Waals surface area contributed by atoms with Gasteiger partial charge in [-0.3, -0.25) is 9.36 Å². The number of nitrogens with two attached hydrogens (primary N) is 1. The normalized spacial score (nSPS) is 10.7. The molecule has 134 valence electrons. The maximum Gasteiger partial charge on any atom is 0.252 e. The van der Waals surface area contributed by atoms with E-state index < -0.39 is 5.91 Å². The quantitative estimate of drug-likeness (QED) is 0.589. The smallest absolute Gasteiger partial charge is 0.252 e. The lowest BCUT2D eigenvalue weighted by molar-refractivity contribution is 0.0997. The molecule has 7 heteroatoms. The highest BCUT2D eigenvalue weighted by Crippen LogP contribution is 2.27. The number of nitrogens with zero attached hydrogens (tertiary/aromatic N) is 3. The van der Waals surface area contributed by atoms with Crippen LogP contribution < -0.4 is 10.5 Å². The molecule has 4 aromatic rings. The molecule has 0 aliphatic rings. The number of methoxy groups -OCH3 is 1. The van der Waals surface area contributed by atoms with Crippen molar-refractivity contribution in [2.75, 3.05) is 7.11 Å². The summed E-state index contributed by atoms with van der Waals surface area (Å²) in [5.74, 6) is 0.943. The van der Waals surface area contributed by atoms with Gasteiger partial charge in [-0.1, -0.05) is 18.2 Å². The Balaban J connectivity index is 1.75. The van der Waals surface area contributed by atoms with E-state index in [1.165, 1.54) is 7.11 Å². The second-order valence-electron chi connectivity index (χ2n) is 5.77. The summed E-state index contributed by atoms with van der Waals surface area (Å²) in [5, 5.41) is 0. The summed E-state index contributed by atoms with van der Waals surface area (Å²) < 4.78 is 12.6. The first-order valence-electron chi connectivity index (χ1n) is 8.20. The molecule has 2 heterocycles. The second kappa shape index (κ2) is 6.80. The zero-order valence-corrected chi connectivity index (χ0v) is 14.5. The van der Waals surface area contributed by atoms with Gasteiger partial charge in [0.2, 0.25) is 5.89 Å². The number of ether oxygens (including phenoxy) is 1. The van der Waals surface area contributed by atoms with Crippen LogP contribution in [-0.4, -0.2) is 27.6 Å². The van der Waals surface area contributed by atoms with Crippen LogP contribution in [-0.2, 0) is 0 Å². The lowest BCUT2D eigenvalue weighted by Crippen LogP contribution is -2.13. The minimum Gasteiger partial charge on any atom is -0.496 e. The number of aromatic nitrogens is 3. The SMILES string of the molecule is COc1ccc(-n2ccnc2-c2coc(-c3ccccc3)n2)cc1C(N)=O. The van der Waals surface area contributed by atoms with Gasteiger partial charge in [-0.05, 0) is 30.3 Å². The van der Waals surface area contributed by atoms with Crippen LogP contribution in [0.2, 0.25) is 0 Å². The van der Waals surface area contributed by atoms with E-state index in [0.717, 1.165) is 5.56 Å². The summed E-state index contributed by atoms with van der Waals surface area (Å²) in [7, 11) is 1.49. The number of rotatable bonds is 5. The molecule has 4 rings (SSSR count). The number of benzene rings is 2. The highest BCUT2D eigenvalue weighted by molar-refractivity contribution is 5.96. The molecule has 2 aromatic carbocycles.